The van der Waals surface area contributed by atoms with Gasteiger partial charge in [-0.1, -0.05) is 47.5 Å². The van der Waals surface area contributed by atoms with Crippen LogP contribution in [0.2, 0.25) is 10.0 Å². The van der Waals surface area contributed by atoms with Crippen molar-refractivity contribution in [3.63, 3.8) is 0 Å². The van der Waals surface area contributed by atoms with Gasteiger partial charge >= 0.3 is 6.03 Å². The van der Waals surface area contributed by atoms with Crippen LogP contribution in [0.15, 0.2) is 60.7 Å². The van der Waals surface area contributed by atoms with Crippen LogP contribution in [0, 0.1) is 0 Å². The maximum absolute atomic E-state index is 12.2. The number of amides is 3. The molecule has 0 saturated heterocycles. The van der Waals surface area contributed by atoms with Crippen LogP contribution < -0.4 is 16.0 Å². The Bertz CT molecular complexity index is 1100. The number of hydrogen-bond acceptors (Lipinski definition) is 2. The highest BCUT2D eigenvalue weighted by atomic mass is 35.5. The molecule has 0 unspecified atom stereocenters. The summed E-state index contributed by atoms with van der Waals surface area (Å²) in [5, 5.41) is 9.30. The van der Waals surface area contributed by atoms with Gasteiger partial charge in [0.25, 0.3) is 5.91 Å². The van der Waals surface area contributed by atoms with Crippen LogP contribution >= 0.6 is 23.2 Å². The molecule has 5 nitrogen and oxygen atoms in total. The molecule has 4 rings (SSSR count). The molecule has 0 saturated carbocycles. The van der Waals surface area contributed by atoms with Crippen LogP contribution in [0.1, 0.15) is 15.9 Å². The average Bonchev–Trinajstić information content (AvgIpc) is 3.03. The third-order valence-corrected chi connectivity index (χ3v) is 4.99. The van der Waals surface area contributed by atoms with E-state index >= 15 is 0 Å². The van der Waals surface area contributed by atoms with E-state index in [4.69, 9.17) is 23.2 Å². The zero-order chi connectivity index (χ0) is 19.7. The van der Waals surface area contributed by atoms with E-state index < -0.39 is 6.03 Å². The number of rotatable bonds is 3. The van der Waals surface area contributed by atoms with Crippen LogP contribution in [0.25, 0.3) is 11.1 Å². The van der Waals surface area contributed by atoms with Crippen LogP contribution in [0.3, 0.4) is 0 Å². The van der Waals surface area contributed by atoms with Gasteiger partial charge in [-0.15, -0.1) is 0 Å². The molecule has 1 heterocycles. The molecule has 3 N–H and O–H groups in total. The molecule has 0 radical (unpaired) electrons. The molecule has 0 aliphatic carbocycles. The van der Waals surface area contributed by atoms with Crippen molar-refractivity contribution in [1.29, 1.82) is 0 Å². The fourth-order valence-electron chi connectivity index (χ4n) is 3.18. The Morgan fingerprint density at radius 1 is 0.857 bits per heavy atom. The van der Waals surface area contributed by atoms with E-state index in [0.29, 0.717) is 33.5 Å². The summed E-state index contributed by atoms with van der Waals surface area (Å²) in [5.41, 5.74) is 4.43. The summed E-state index contributed by atoms with van der Waals surface area (Å²) < 4.78 is 0. The van der Waals surface area contributed by atoms with E-state index in [1.165, 1.54) is 0 Å². The van der Waals surface area contributed by atoms with Crippen LogP contribution in [-0.2, 0) is 6.54 Å². The quantitative estimate of drug-likeness (QED) is 0.528. The normalized spacial score (nSPS) is 12.3. The van der Waals surface area contributed by atoms with Gasteiger partial charge in [-0.05, 0) is 47.5 Å². The summed E-state index contributed by atoms with van der Waals surface area (Å²) in [4.78, 5) is 24.1. The number of anilines is 2. The monoisotopic (exact) mass is 411 g/mol. The maximum Gasteiger partial charge on any atom is 0.323 e. The lowest BCUT2D eigenvalue weighted by Crippen LogP contribution is -2.19. The molecule has 1 aliphatic rings. The molecule has 3 amide bonds. The predicted molar refractivity (Wildman–Crippen MR) is 112 cm³/mol. The minimum Gasteiger partial charge on any atom is -0.348 e. The second kappa shape index (κ2) is 7.54. The van der Waals surface area contributed by atoms with Gasteiger partial charge in [0.2, 0.25) is 0 Å². The van der Waals surface area contributed by atoms with Crippen LogP contribution in [-0.4, -0.2) is 11.9 Å². The third kappa shape index (κ3) is 3.67. The van der Waals surface area contributed by atoms with Crippen LogP contribution in [0.5, 0.6) is 0 Å². The van der Waals surface area contributed by atoms with Crippen molar-refractivity contribution in [2.24, 2.45) is 0 Å². The Morgan fingerprint density at radius 2 is 1.57 bits per heavy atom. The average molecular weight is 412 g/mol. The van der Waals surface area contributed by atoms with E-state index in [2.05, 4.69) is 16.0 Å². The Labute approximate surface area is 171 Å². The van der Waals surface area contributed by atoms with Gasteiger partial charge in [0.05, 0.1) is 5.02 Å². The number of benzene rings is 3. The van der Waals surface area contributed by atoms with Gasteiger partial charge in [-0.3, -0.25) is 4.79 Å². The summed E-state index contributed by atoms with van der Waals surface area (Å²) in [5.74, 6) is -0.0797. The molecule has 0 fully saturated rings. The molecule has 28 heavy (non-hydrogen) atoms. The van der Waals surface area contributed by atoms with Crippen molar-refractivity contribution in [2.75, 3.05) is 10.6 Å². The Kier molecular flexibility index (Phi) is 4.94. The molecule has 3 aromatic rings. The third-order valence-electron chi connectivity index (χ3n) is 4.45. The number of halogens is 2. The summed E-state index contributed by atoms with van der Waals surface area (Å²) in [7, 11) is 0. The summed E-state index contributed by atoms with van der Waals surface area (Å²) in [6.45, 7) is 0.475. The first-order valence-electron chi connectivity index (χ1n) is 8.55. The lowest BCUT2D eigenvalue weighted by Gasteiger charge is -2.12. The van der Waals surface area contributed by atoms with E-state index in [0.717, 1.165) is 16.7 Å². The van der Waals surface area contributed by atoms with Crippen molar-refractivity contribution in [1.82, 2.24) is 5.32 Å². The molecule has 3 aromatic carbocycles. The molecule has 0 atom stereocenters. The van der Waals surface area contributed by atoms with Crippen molar-refractivity contribution in [2.45, 2.75) is 6.54 Å². The largest absolute Gasteiger partial charge is 0.348 e. The van der Waals surface area contributed by atoms with Gasteiger partial charge in [0, 0.05) is 34.1 Å². The number of fused-ring (bicyclic) bond motifs is 1. The van der Waals surface area contributed by atoms with Gasteiger partial charge in [-0.2, -0.15) is 0 Å². The smallest absolute Gasteiger partial charge is 0.323 e. The molecule has 0 aromatic heterocycles. The highest BCUT2D eigenvalue weighted by Crippen LogP contribution is 2.35. The molecular formula is C21H15Cl2N3O2. The second-order valence-corrected chi connectivity index (χ2v) is 7.14. The summed E-state index contributed by atoms with van der Waals surface area (Å²) in [6, 6.07) is 17.3. The molecular weight excluding hydrogens is 397 g/mol. The minimum absolute atomic E-state index is 0.0797. The summed E-state index contributed by atoms with van der Waals surface area (Å²) >= 11 is 12.4. The first-order chi connectivity index (χ1) is 13.5. The molecule has 0 spiro atoms. The van der Waals surface area contributed by atoms with Crippen molar-refractivity contribution < 1.29 is 9.59 Å². The van der Waals surface area contributed by atoms with Gasteiger partial charge in [0.1, 0.15) is 0 Å². The van der Waals surface area contributed by atoms with Gasteiger partial charge in [0.15, 0.2) is 0 Å². The Hall–Kier alpha value is -3.02. The van der Waals surface area contributed by atoms with Crippen molar-refractivity contribution in [3.05, 3.63) is 81.8 Å². The fraction of sp³-hybridized carbons (Fsp3) is 0.0476. The maximum atomic E-state index is 12.2. The molecule has 1 aliphatic heterocycles. The number of nitrogens with one attached hydrogen (secondary N) is 3. The van der Waals surface area contributed by atoms with Gasteiger partial charge in [-0.25, -0.2) is 4.79 Å². The standard InChI is InChI=1S/C21H15Cl2N3O2/c22-12-3-1-4-13(9-12)25-21(28)26-14-7-8-16(19(23)10-14)15-5-2-6-17-18(15)11-24-20(17)27/h1-10H,11H2,(H,24,27)(H2,25,26,28). The highest BCUT2D eigenvalue weighted by Gasteiger charge is 2.22. The lowest BCUT2D eigenvalue weighted by molar-refractivity contribution is 0.0965. The van der Waals surface area contributed by atoms with E-state index in [1.54, 1.807) is 42.5 Å². The SMILES string of the molecule is O=C(Nc1cccc(Cl)c1)Nc1ccc(-c2cccc3c2CNC3=O)c(Cl)c1. The van der Waals surface area contributed by atoms with Crippen molar-refractivity contribution >= 4 is 46.5 Å². The first kappa shape index (κ1) is 18.3. The highest BCUT2D eigenvalue weighted by molar-refractivity contribution is 6.34. The van der Waals surface area contributed by atoms with Gasteiger partial charge < -0.3 is 16.0 Å². The molecule has 0 bridgehead atoms. The van der Waals surface area contributed by atoms with E-state index in [9.17, 15) is 9.59 Å². The lowest BCUT2D eigenvalue weighted by atomic mass is 9.96. The van der Waals surface area contributed by atoms with Crippen LogP contribution in [0.4, 0.5) is 16.2 Å². The van der Waals surface area contributed by atoms with Crippen molar-refractivity contribution in [3.8, 4) is 11.1 Å². The molecule has 140 valence electrons. The number of carbonyl (C=O) groups excluding carboxylic acids is 2. The number of hydrogen-bond donors (Lipinski definition) is 3. The second-order valence-electron chi connectivity index (χ2n) is 6.30. The first-order valence-corrected chi connectivity index (χ1v) is 9.30. The molecule has 7 heteroatoms. The number of carbonyl (C=O) groups is 2. The zero-order valence-corrected chi connectivity index (χ0v) is 16.1. The predicted octanol–water partition coefficient (Wildman–Crippen LogP) is 5.55. The Balaban J connectivity index is 1.54. The van der Waals surface area contributed by atoms with E-state index in [-0.39, 0.29) is 5.91 Å². The fourth-order valence-corrected chi connectivity index (χ4v) is 3.65. The number of urea groups is 1. The zero-order valence-electron chi connectivity index (χ0n) is 14.6. The topological polar surface area (TPSA) is 70.2 Å². The van der Waals surface area contributed by atoms with E-state index in [1.807, 2.05) is 18.2 Å². The Morgan fingerprint density at radius 3 is 2.32 bits per heavy atom. The minimum atomic E-state index is -0.401. The summed E-state index contributed by atoms with van der Waals surface area (Å²) in [6.07, 6.45) is 0.